The third-order valence-corrected chi connectivity index (χ3v) is 4.74. The molecule has 0 atom stereocenters. The number of unbranched alkanes of at least 4 members (excludes halogenated alkanes) is 1. The predicted molar refractivity (Wildman–Crippen MR) is 128 cm³/mol. The highest BCUT2D eigenvalue weighted by molar-refractivity contribution is 14.0. The number of aliphatic imine (C=N–C) groups is 1. The highest BCUT2D eigenvalue weighted by atomic mass is 127. The second kappa shape index (κ2) is 14.7. The van der Waals surface area contributed by atoms with Crippen LogP contribution in [0.5, 0.6) is 0 Å². The molecular formula is C21H34F3IN4O2. The molecule has 2 N–H and O–H groups in total. The number of halogens is 4. The molecular weight excluding hydrogens is 524 g/mol. The third-order valence-electron chi connectivity index (χ3n) is 4.74. The van der Waals surface area contributed by atoms with Crippen LogP contribution in [0.3, 0.4) is 0 Å². The van der Waals surface area contributed by atoms with Gasteiger partial charge in [0, 0.05) is 45.1 Å². The Balaban J connectivity index is 0.00000480. The molecule has 10 heteroatoms. The summed E-state index contributed by atoms with van der Waals surface area (Å²) in [6, 6.07) is 4.49. The number of hydrogen-bond acceptors (Lipinski definition) is 4. The lowest BCUT2D eigenvalue weighted by atomic mass is 10.1. The largest absolute Gasteiger partial charge is 0.416 e. The highest BCUT2D eigenvalue weighted by Crippen LogP contribution is 2.35. The van der Waals surface area contributed by atoms with E-state index >= 15 is 0 Å². The molecule has 0 spiro atoms. The molecule has 178 valence electrons. The van der Waals surface area contributed by atoms with Crippen molar-refractivity contribution < 1.29 is 22.6 Å². The Hall–Kier alpha value is -1.27. The van der Waals surface area contributed by atoms with E-state index in [2.05, 4.69) is 15.6 Å². The molecule has 1 heterocycles. The Morgan fingerprint density at radius 2 is 1.90 bits per heavy atom. The molecule has 0 bridgehead atoms. The normalized spacial score (nSPS) is 14.9. The first-order valence-electron chi connectivity index (χ1n) is 10.6. The number of guanidine groups is 1. The van der Waals surface area contributed by atoms with Crippen LogP contribution in [-0.4, -0.2) is 58.6 Å². The molecule has 0 saturated carbocycles. The fourth-order valence-electron chi connectivity index (χ4n) is 3.17. The second-order valence-electron chi connectivity index (χ2n) is 6.96. The summed E-state index contributed by atoms with van der Waals surface area (Å²) in [6.07, 6.45) is -2.62. The van der Waals surface area contributed by atoms with Crippen molar-refractivity contribution in [1.82, 2.24) is 10.6 Å². The van der Waals surface area contributed by atoms with Gasteiger partial charge in [-0.1, -0.05) is 6.07 Å². The van der Waals surface area contributed by atoms with Crippen molar-refractivity contribution in [3.05, 3.63) is 29.3 Å². The first-order valence-corrected chi connectivity index (χ1v) is 10.6. The minimum atomic E-state index is -4.43. The third kappa shape index (κ3) is 9.82. The van der Waals surface area contributed by atoms with Crippen LogP contribution < -0.4 is 15.5 Å². The summed E-state index contributed by atoms with van der Waals surface area (Å²) in [4.78, 5) is 6.28. The second-order valence-corrected chi connectivity index (χ2v) is 6.96. The zero-order chi connectivity index (χ0) is 21.8. The molecule has 2 rings (SSSR count). The van der Waals surface area contributed by atoms with E-state index in [1.807, 2.05) is 18.7 Å². The van der Waals surface area contributed by atoms with E-state index in [1.165, 1.54) is 12.1 Å². The number of ether oxygens (including phenoxy) is 2. The Morgan fingerprint density at radius 3 is 2.55 bits per heavy atom. The standard InChI is InChI=1S/C21H33F3N4O2.HI/c1-3-25-20(26-9-5-6-12-29-4-2)27-16-17-7-8-18(15-19(17)21(22,23)24)28-10-13-30-14-11-28;/h7-8,15H,3-6,9-14,16H2,1-2H3,(H2,25,26,27);1H. The molecule has 1 aliphatic heterocycles. The van der Waals surface area contributed by atoms with Crippen molar-refractivity contribution in [2.24, 2.45) is 4.99 Å². The molecule has 0 amide bonds. The number of nitrogens with one attached hydrogen (secondary N) is 2. The van der Waals surface area contributed by atoms with Crippen molar-refractivity contribution in [1.29, 1.82) is 0 Å². The van der Waals surface area contributed by atoms with Crippen LogP contribution in [-0.2, 0) is 22.2 Å². The molecule has 1 aliphatic rings. The van der Waals surface area contributed by atoms with Gasteiger partial charge in [0.1, 0.15) is 0 Å². The smallest absolute Gasteiger partial charge is 0.382 e. The van der Waals surface area contributed by atoms with Gasteiger partial charge in [0.25, 0.3) is 0 Å². The summed E-state index contributed by atoms with van der Waals surface area (Å²) in [7, 11) is 0. The molecule has 1 saturated heterocycles. The average Bonchev–Trinajstić information content (AvgIpc) is 2.74. The monoisotopic (exact) mass is 558 g/mol. The fourth-order valence-corrected chi connectivity index (χ4v) is 3.17. The lowest BCUT2D eigenvalue weighted by Gasteiger charge is -2.29. The van der Waals surface area contributed by atoms with Gasteiger partial charge in [0.05, 0.1) is 25.3 Å². The number of hydrogen-bond donors (Lipinski definition) is 2. The lowest BCUT2D eigenvalue weighted by Crippen LogP contribution is -2.38. The summed E-state index contributed by atoms with van der Waals surface area (Å²) in [6.45, 7) is 8.77. The Morgan fingerprint density at radius 1 is 1.16 bits per heavy atom. The molecule has 0 radical (unpaired) electrons. The van der Waals surface area contributed by atoms with Crippen molar-refractivity contribution in [3.63, 3.8) is 0 Å². The van der Waals surface area contributed by atoms with Crippen LogP contribution in [0.2, 0.25) is 0 Å². The number of alkyl halides is 3. The van der Waals surface area contributed by atoms with Gasteiger partial charge in [0.15, 0.2) is 5.96 Å². The van der Waals surface area contributed by atoms with Crippen molar-refractivity contribution in [3.8, 4) is 0 Å². The molecule has 1 aromatic carbocycles. The van der Waals surface area contributed by atoms with Gasteiger partial charge in [-0.25, -0.2) is 4.99 Å². The molecule has 0 aromatic heterocycles. The van der Waals surface area contributed by atoms with E-state index in [0.29, 0.717) is 64.3 Å². The van der Waals surface area contributed by atoms with Gasteiger partial charge in [-0.2, -0.15) is 13.2 Å². The van der Waals surface area contributed by atoms with Crippen molar-refractivity contribution in [2.75, 3.05) is 57.5 Å². The van der Waals surface area contributed by atoms with E-state index in [9.17, 15) is 13.2 Å². The summed E-state index contributed by atoms with van der Waals surface area (Å²) in [5.41, 5.74) is 0.0912. The lowest BCUT2D eigenvalue weighted by molar-refractivity contribution is -0.138. The van der Waals surface area contributed by atoms with Crippen LogP contribution >= 0.6 is 24.0 Å². The first kappa shape index (κ1) is 27.8. The Bertz CT molecular complexity index is 669. The Labute approximate surface area is 200 Å². The van der Waals surface area contributed by atoms with Crippen molar-refractivity contribution in [2.45, 2.75) is 39.4 Å². The molecule has 0 aliphatic carbocycles. The predicted octanol–water partition coefficient (Wildman–Crippen LogP) is 4.03. The van der Waals surface area contributed by atoms with Gasteiger partial charge in [-0.05, 0) is 44.4 Å². The van der Waals surface area contributed by atoms with E-state index in [-0.39, 0.29) is 36.1 Å². The van der Waals surface area contributed by atoms with E-state index in [1.54, 1.807) is 6.07 Å². The quantitative estimate of drug-likeness (QED) is 0.197. The number of morpholine rings is 1. The van der Waals surface area contributed by atoms with E-state index < -0.39 is 11.7 Å². The topological polar surface area (TPSA) is 58.1 Å². The summed E-state index contributed by atoms with van der Waals surface area (Å²) >= 11 is 0. The Kier molecular flexibility index (Phi) is 13.2. The number of anilines is 1. The van der Waals surface area contributed by atoms with Gasteiger partial charge in [-0.15, -0.1) is 24.0 Å². The van der Waals surface area contributed by atoms with Crippen molar-refractivity contribution >= 4 is 35.6 Å². The minimum Gasteiger partial charge on any atom is -0.382 e. The fraction of sp³-hybridized carbons (Fsp3) is 0.667. The van der Waals surface area contributed by atoms with Gasteiger partial charge < -0.3 is 25.0 Å². The number of benzene rings is 1. The van der Waals surface area contributed by atoms with Gasteiger partial charge in [-0.3, -0.25) is 0 Å². The first-order chi connectivity index (χ1) is 14.5. The zero-order valence-corrected chi connectivity index (χ0v) is 20.6. The average molecular weight is 558 g/mol. The highest BCUT2D eigenvalue weighted by Gasteiger charge is 2.34. The molecule has 1 fully saturated rings. The van der Waals surface area contributed by atoms with E-state index in [0.717, 1.165) is 12.8 Å². The molecule has 1 aromatic rings. The summed E-state index contributed by atoms with van der Waals surface area (Å²) < 4.78 is 51.6. The number of rotatable bonds is 10. The van der Waals surface area contributed by atoms with Gasteiger partial charge >= 0.3 is 6.18 Å². The maximum absolute atomic E-state index is 13.7. The molecule has 31 heavy (non-hydrogen) atoms. The minimum absolute atomic E-state index is 0. The van der Waals surface area contributed by atoms with Crippen LogP contribution in [0.25, 0.3) is 0 Å². The number of nitrogens with zero attached hydrogens (tertiary/aromatic N) is 2. The molecule has 0 unspecified atom stereocenters. The van der Waals surface area contributed by atoms with Crippen LogP contribution in [0.1, 0.15) is 37.8 Å². The molecule has 6 nitrogen and oxygen atoms in total. The SMILES string of the molecule is CCNC(=NCc1ccc(N2CCOCC2)cc1C(F)(F)F)NCCCCOCC.I. The maximum Gasteiger partial charge on any atom is 0.416 e. The van der Waals surface area contributed by atoms with E-state index in [4.69, 9.17) is 9.47 Å². The summed E-state index contributed by atoms with van der Waals surface area (Å²) in [5, 5.41) is 6.25. The zero-order valence-electron chi connectivity index (χ0n) is 18.3. The maximum atomic E-state index is 13.7. The van der Waals surface area contributed by atoms with Crippen LogP contribution in [0.4, 0.5) is 18.9 Å². The summed E-state index contributed by atoms with van der Waals surface area (Å²) in [5.74, 6) is 0.513. The van der Waals surface area contributed by atoms with Crippen LogP contribution in [0.15, 0.2) is 23.2 Å². The van der Waals surface area contributed by atoms with Gasteiger partial charge in [0.2, 0.25) is 0 Å². The van der Waals surface area contributed by atoms with Crippen LogP contribution in [0, 0.1) is 0 Å².